The van der Waals surface area contributed by atoms with Crippen LogP contribution in [0.3, 0.4) is 0 Å². The summed E-state index contributed by atoms with van der Waals surface area (Å²) in [5, 5.41) is 7.93. The van der Waals surface area contributed by atoms with Crippen molar-refractivity contribution in [2.45, 2.75) is 32.3 Å². The molecule has 2 fully saturated rings. The summed E-state index contributed by atoms with van der Waals surface area (Å²) in [6.07, 6.45) is 4.53. The van der Waals surface area contributed by atoms with Crippen LogP contribution in [0.2, 0.25) is 0 Å². The highest BCUT2D eigenvalue weighted by Crippen LogP contribution is 2.42. The Morgan fingerprint density at radius 2 is 2.04 bits per heavy atom. The Balaban J connectivity index is 0.000000706. The van der Waals surface area contributed by atoms with Crippen LogP contribution in [-0.4, -0.2) is 77.2 Å². The summed E-state index contributed by atoms with van der Waals surface area (Å²) in [6.45, 7) is 4.01. The lowest BCUT2D eigenvalue weighted by molar-refractivity contribution is -0.153. The van der Waals surface area contributed by atoms with Gasteiger partial charge in [-0.1, -0.05) is 0 Å². The lowest BCUT2D eigenvalue weighted by Gasteiger charge is -2.47. The van der Waals surface area contributed by atoms with Crippen LogP contribution < -0.4 is 4.90 Å². The molecule has 0 bridgehead atoms. The number of carboxylic acid groups (broad SMARTS) is 1. The van der Waals surface area contributed by atoms with E-state index in [0.29, 0.717) is 6.54 Å². The van der Waals surface area contributed by atoms with Crippen LogP contribution in [0.25, 0.3) is 11.0 Å². The molecule has 4 rings (SSSR count). The monoisotopic (exact) mass is 389 g/mol. The Hall–Kier alpha value is -2.68. The van der Waals surface area contributed by atoms with Crippen LogP contribution >= 0.6 is 0 Å². The second kappa shape index (κ2) is 8.14. The smallest absolute Gasteiger partial charge is 0.290 e. The Kier molecular flexibility index (Phi) is 5.83. The van der Waals surface area contributed by atoms with E-state index in [2.05, 4.69) is 19.9 Å². The Bertz CT molecular complexity index is 844. The molecule has 1 atom stereocenters. The standard InChI is InChI=1S/C18H25N5O2.CH2O2/c1-12-20-15-14(4-7-19-15)16(21-12)23-8-5-18(6-9-23)10-13(25-3)11-22(2)17(18)24;2-1-3/h4,7,13H,5-6,8-11H2,1-3H3,(H,19,20,21);1H,(H,2,3). The summed E-state index contributed by atoms with van der Waals surface area (Å²) in [4.78, 5) is 37.6. The Morgan fingerprint density at radius 1 is 1.36 bits per heavy atom. The van der Waals surface area contributed by atoms with Crippen molar-refractivity contribution in [2.75, 3.05) is 38.7 Å². The van der Waals surface area contributed by atoms with Crippen molar-refractivity contribution >= 4 is 29.2 Å². The van der Waals surface area contributed by atoms with Crippen molar-refractivity contribution in [1.29, 1.82) is 0 Å². The normalized spacial score (nSPS) is 21.5. The summed E-state index contributed by atoms with van der Waals surface area (Å²) in [7, 11) is 3.63. The van der Waals surface area contributed by atoms with Gasteiger partial charge in [0.1, 0.15) is 17.3 Å². The van der Waals surface area contributed by atoms with E-state index in [1.807, 2.05) is 31.1 Å². The lowest BCUT2D eigenvalue weighted by Crippen LogP contribution is -2.56. The van der Waals surface area contributed by atoms with Crippen LogP contribution in [0.5, 0.6) is 0 Å². The van der Waals surface area contributed by atoms with Crippen LogP contribution in [0.4, 0.5) is 5.82 Å². The zero-order chi connectivity index (χ0) is 20.3. The van der Waals surface area contributed by atoms with Gasteiger partial charge in [0.2, 0.25) is 5.91 Å². The van der Waals surface area contributed by atoms with Gasteiger partial charge in [0.05, 0.1) is 16.9 Å². The molecular formula is C19H27N5O4. The highest BCUT2D eigenvalue weighted by Gasteiger charge is 2.48. The summed E-state index contributed by atoms with van der Waals surface area (Å²) >= 11 is 0. The number of amides is 1. The molecule has 152 valence electrons. The third-order valence-corrected chi connectivity index (χ3v) is 5.76. The average molecular weight is 389 g/mol. The minimum absolute atomic E-state index is 0.131. The van der Waals surface area contributed by atoms with E-state index in [-0.39, 0.29) is 23.9 Å². The number of aryl methyl sites for hydroxylation is 1. The maximum Gasteiger partial charge on any atom is 0.290 e. The predicted molar refractivity (Wildman–Crippen MR) is 104 cm³/mol. The van der Waals surface area contributed by atoms with Crippen molar-refractivity contribution in [3.05, 3.63) is 18.1 Å². The fraction of sp³-hybridized carbons (Fsp3) is 0.579. The van der Waals surface area contributed by atoms with Gasteiger partial charge in [-0.2, -0.15) is 0 Å². The van der Waals surface area contributed by atoms with Gasteiger partial charge in [-0.15, -0.1) is 0 Å². The number of nitrogens with one attached hydrogen (secondary N) is 1. The number of rotatable bonds is 2. The SMILES string of the molecule is COC1CN(C)C(=O)C2(CCN(c3nc(C)nc4[nH]ccc34)CC2)C1.O=CO. The molecule has 0 aliphatic carbocycles. The number of methoxy groups -OCH3 is 1. The van der Waals surface area contributed by atoms with Crippen molar-refractivity contribution in [3.8, 4) is 0 Å². The number of aromatic nitrogens is 3. The van der Waals surface area contributed by atoms with E-state index < -0.39 is 0 Å². The largest absolute Gasteiger partial charge is 0.483 e. The molecule has 1 spiro atoms. The molecule has 9 heteroatoms. The second-order valence-corrected chi connectivity index (χ2v) is 7.45. The molecule has 1 amide bonds. The Morgan fingerprint density at radius 3 is 2.68 bits per heavy atom. The van der Waals surface area contributed by atoms with E-state index in [1.54, 1.807) is 7.11 Å². The summed E-state index contributed by atoms with van der Waals surface area (Å²) < 4.78 is 5.58. The van der Waals surface area contributed by atoms with Gasteiger partial charge in [0.15, 0.2) is 0 Å². The molecule has 4 heterocycles. The zero-order valence-corrected chi connectivity index (χ0v) is 16.5. The highest BCUT2D eigenvalue weighted by molar-refractivity contribution is 5.88. The number of likely N-dealkylation sites (N-methyl/N-ethyl adjacent to an activating group) is 1. The molecule has 2 saturated heterocycles. The highest BCUT2D eigenvalue weighted by atomic mass is 16.5. The minimum Gasteiger partial charge on any atom is -0.483 e. The number of anilines is 1. The summed E-state index contributed by atoms with van der Waals surface area (Å²) in [5.74, 6) is 2.00. The topological polar surface area (TPSA) is 112 Å². The van der Waals surface area contributed by atoms with Gasteiger partial charge in [0.25, 0.3) is 6.47 Å². The Labute approximate surface area is 163 Å². The van der Waals surface area contributed by atoms with Crippen LogP contribution in [0, 0.1) is 12.3 Å². The van der Waals surface area contributed by atoms with Crippen molar-refractivity contribution in [3.63, 3.8) is 0 Å². The molecule has 2 aliphatic heterocycles. The van der Waals surface area contributed by atoms with Crippen LogP contribution in [0.1, 0.15) is 25.1 Å². The first-order valence-electron chi connectivity index (χ1n) is 9.37. The first kappa shape index (κ1) is 20.1. The third kappa shape index (κ3) is 3.66. The van der Waals surface area contributed by atoms with Gasteiger partial charge in [-0.05, 0) is 32.3 Å². The van der Waals surface area contributed by atoms with E-state index in [0.717, 1.165) is 55.0 Å². The second-order valence-electron chi connectivity index (χ2n) is 7.45. The quantitative estimate of drug-likeness (QED) is 0.747. The molecule has 2 aromatic rings. The van der Waals surface area contributed by atoms with E-state index in [1.165, 1.54) is 0 Å². The number of nitrogens with zero attached hydrogens (tertiary/aromatic N) is 4. The summed E-state index contributed by atoms with van der Waals surface area (Å²) in [6, 6.07) is 2.02. The molecule has 1 unspecified atom stereocenters. The molecule has 2 aromatic heterocycles. The van der Waals surface area contributed by atoms with Gasteiger partial charge in [0, 0.05) is 40.0 Å². The van der Waals surface area contributed by atoms with Crippen LogP contribution in [-0.2, 0) is 14.3 Å². The van der Waals surface area contributed by atoms with Crippen LogP contribution in [0.15, 0.2) is 12.3 Å². The number of likely N-dealkylation sites (tertiary alicyclic amines) is 1. The number of hydrogen-bond donors (Lipinski definition) is 2. The van der Waals surface area contributed by atoms with Gasteiger partial charge < -0.3 is 24.6 Å². The number of ether oxygens (including phenoxy) is 1. The number of H-pyrrole nitrogens is 1. The zero-order valence-electron chi connectivity index (χ0n) is 16.5. The van der Waals surface area contributed by atoms with Gasteiger partial charge in [-0.3, -0.25) is 9.59 Å². The number of piperidine rings is 2. The van der Waals surface area contributed by atoms with Crippen molar-refractivity contribution in [1.82, 2.24) is 19.9 Å². The fourth-order valence-corrected chi connectivity index (χ4v) is 4.38. The first-order chi connectivity index (χ1) is 13.4. The van der Waals surface area contributed by atoms with E-state index >= 15 is 0 Å². The van der Waals surface area contributed by atoms with Gasteiger partial charge >= 0.3 is 0 Å². The van der Waals surface area contributed by atoms with E-state index in [9.17, 15) is 4.79 Å². The predicted octanol–water partition coefficient (Wildman–Crippen LogP) is 1.43. The molecule has 9 nitrogen and oxygen atoms in total. The molecule has 2 aliphatic rings. The molecule has 0 radical (unpaired) electrons. The molecular weight excluding hydrogens is 362 g/mol. The number of hydrogen-bond acceptors (Lipinski definition) is 6. The molecule has 28 heavy (non-hydrogen) atoms. The fourth-order valence-electron chi connectivity index (χ4n) is 4.38. The number of aromatic amines is 1. The molecule has 0 saturated carbocycles. The molecule has 2 N–H and O–H groups in total. The number of carbonyl (C=O) groups excluding carboxylic acids is 1. The van der Waals surface area contributed by atoms with Crippen molar-refractivity contribution < 1.29 is 19.4 Å². The maximum atomic E-state index is 12.9. The van der Waals surface area contributed by atoms with E-state index in [4.69, 9.17) is 14.6 Å². The number of carbonyl (C=O) groups is 2. The average Bonchev–Trinajstić information content (AvgIpc) is 3.15. The summed E-state index contributed by atoms with van der Waals surface area (Å²) in [5.41, 5.74) is 0.583. The first-order valence-corrected chi connectivity index (χ1v) is 9.37. The van der Waals surface area contributed by atoms with Crippen molar-refractivity contribution in [2.24, 2.45) is 5.41 Å². The molecule has 0 aromatic carbocycles. The lowest BCUT2D eigenvalue weighted by atomic mass is 9.71. The third-order valence-electron chi connectivity index (χ3n) is 5.76. The number of fused-ring (bicyclic) bond motifs is 1. The minimum atomic E-state index is -0.288. The maximum absolute atomic E-state index is 12.9. The van der Waals surface area contributed by atoms with Gasteiger partial charge in [-0.25, -0.2) is 9.97 Å².